The Morgan fingerprint density at radius 1 is 1.16 bits per heavy atom. The van der Waals surface area contributed by atoms with E-state index in [1.165, 1.54) is 6.07 Å². The minimum atomic E-state index is -0.589. The topological polar surface area (TPSA) is 96.5 Å². The van der Waals surface area contributed by atoms with Crippen LogP contribution >= 0.6 is 0 Å². The van der Waals surface area contributed by atoms with Crippen LogP contribution in [0.25, 0.3) is 22.6 Å². The fourth-order valence-corrected chi connectivity index (χ4v) is 5.53. The van der Waals surface area contributed by atoms with Crippen LogP contribution in [0.4, 0.5) is 14.6 Å². The molecule has 2 aliphatic carbocycles. The van der Waals surface area contributed by atoms with Crippen molar-refractivity contribution in [2.24, 2.45) is 11.3 Å². The predicted octanol–water partition coefficient (Wildman–Crippen LogP) is 4.42. The van der Waals surface area contributed by atoms with Crippen LogP contribution in [0.5, 0.6) is 0 Å². The number of ketones is 1. The quantitative estimate of drug-likeness (QED) is 0.641. The van der Waals surface area contributed by atoms with Crippen molar-refractivity contribution in [2.75, 3.05) is 5.32 Å². The summed E-state index contributed by atoms with van der Waals surface area (Å²) in [5.41, 5.74) is 0.679. The molecular formula is C22H24F2N6O. The van der Waals surface area contributed by atoms with Crippen LogP contribution in [0.1, 0.15) is 51.9 Å². The van der Waals surface area contributed by atoms with Gasteiger partial charge in [0.1, 0.15) is 17.3 Å². The summed E-state index contributed by atoms with van der Waals surface area (Å²) in [6, 6.07) is 1.12. The van der Waals surface area contributed by atoms with E-state index >= 15 is 0 Å². The van der Waals surface area contributed by atoms with Gasteiger partial charge >= 0.3 is 0 Å². The summed E-state index contributed by atoms with van der Waals surface area (Å²) in [6.07, 6.45) is 9.33. The molecule has 2 N–H and O–H groups in total. The number of fused-ring (bicyclic) bond motifs is 1. The SMILES string of the molecule is CC(=O)[C@@H]1CCCC2(CCCC2)[C@H]1Nc1nc(-c2n[nH]c3ncc(F)cc23)ncc1F. The third kappa shape index (κ3) is 3.45. The zero-order valence-corrected chi connectivity index (χ0v) is 17.3. The van der Waals surface area contributed by atoms with E-state index in [0.29, 0.717) is 16.7 Å². The van der Waals surface area contributed by atoms with E-state index in [2.05, 4.69) is 30.5 Å². The van der Waals surface area contributed by atoms with Gasteiger partial charge in [0.2, 0.25) is 0 Å². The van der Waals surface area contributed by atoms with E-state index in [1.54, 1.807) is 6.92 Å². The van der Waals surface area contributed by atoms with Crippen molar-refractivity contribution < 1.29 is 13.6 Å². The van der Waals surface area contributed by atoms with Crippen LogP contribution in [0.2, 0.25) is 0 Å². The lowest BCUT2D eigenvalue weighted by atomic mass is 9.63. The minimum Gasteiger partial charge on any atom is -0.363 e. The fourth-order valence-electron chi connectivity index (χ4n) is 5.53. The average molecular weight is 426 g/mol. The smallest absolute Gasteiger partial charge is 0.183 e. The summed E-state index contributed by atoms with van der Waals surface area (Å²) in [5, 5.41) is 10.6. The van der Waals surface area contributed by atoms with Crippen molar-refractivity contribution in [3.05, 3.63) is 30.1 Å². The van der Waals surface area contributed by atoms with Gasteiger partial charge in [-0.25, -0.2) is 23.7 Å². The molecule has 162 valence electrons. The minimum absolute atomic E-state index is 0.0157. The molecule has 2 fully saturated rings. The fraction of sp³-hybridized carbons (Fsp3) is 0.500. The first kappa shape index (κ1) is 20.0. The second-order valence-electron chi connectivity index (χ2n) is 8.81. The Bertz CT molecular complexity index is 1140. The number of H-pyrrole nitrogens is 1. The highest BCUT2D eigenvalue weighted by Gasteiger charge is 2.48. The molecule has 31 heavy (non-hydrogen) atoms. The first-order valence-corrected chi connectivity index (χ1v) is 10.8. The van der Waals surface area contributed by atoms with Crippen molar-refractivity contribution in [3.8, 4) is 11.5 Å². The second-order valence-corrected chi connectivity index (χ2v) is 8.81. The number of carbonyl (C=O) groups is 1. The molecule has 0 saturated heterocycles. The Hall–Kier alpha value is -2.97. The zero-order valence-electron chi connectivity index (χ0n) is 17.3. The van der Waals surface area contributed by atoms with Crippen molar-refractivity contribution >= 4 is 22.6 Å². The zero-order chi connectivity index (χ0) is 21.6. The predicted molar refractivity (Wildman–Crippen MR) is 111 cm³/mol. The molecule has 3 aromatic rings. The van der Waals surface area contributed by atoms with Crippen LogP contribution in [0.3, 0.4) is 0 Å². The van der Waals surface area contributed by atoms with Gasteiger partial charge < -0.3 is 5.32 Å². The summed E-state index contributed by atoms with van der Waals surface area (Å²) in [7, 11) is 0. The molecule has 3 heterocycles. The molecule has 2 aliphatic rings. The number of nitrogens with zero attached hydrogens (tertiary/aromatic N) is 4. The Labute approximate surface area is 178 Å². The number of Topliss-reactive ketones (excluding diaryl/α,β-unsaturated/α-hetero) is 1. The van der Waals surface area contributed by atoms with Crippen LogP contribution in [0, 0.1) is 23.0 Å². The van der Waals surface area contributed by atoms with Gasteiger partial charge in [0.05, 0.1) is 17.8 Å². The molecule has 3 aromatic heterocycles. The molecule has 1 spiro atoms. The van der Waals surface area contributed by atoms with E-state index in [0.717, 1.165) is 57.3 Å². The maximum Gasteiger partial charge on any atom is 0.183 e. The molecule has 0 unspecified atom stereocenters. The molecule has 0 aliphatic heterocycles. The van der Waals surface area contributed by atoms with Crippen molar-refractivity contribution in [1.29, 1.82) is 0 Å². The first-order valence-electron chi connectivity index (χ1n) is 10.8. The van der Waals surface area contributed by atoms with Crippen LogP contribution in [-0.4, -0.2) is 37.0 Å². The molecule has 2 atom stereocenters. The number of carbonyl (C=O) groups excluding carboxylic acids is 1. The number of aromatic amines is 1. The number of aromatic nitrogens is 5. The van der Waals surface area contributed by atoms with Gasteiger partial charge in [0.15, 0.2) is 23.1 Å². The Balaban J connectivity index is 1.54. The number of nitrogens with one attached hydrogen (secondary N) is 2. The maximum absolute atomic E-state index is 14.8. The van der Waals surface area contributed by atoms with E-state index in [9.17, 15) is 13.6 Å². The molecule has 5 rings (SSSR count). The molecule has 0 radical (unpaired) electrons. The molecule has 7 nitrogen and oxygen atoms in total. The first-order chi connectivity index (χ1) is 15.0. The summed E-state index contributed by atoms with van der Waals surface area (Å²) < 4.78 is 28.5. The van der Waals surface area contributed by atoms with Crippen LogP contribution in [0.15, 0.2) is 18.5 Å². The molecule has 0 bridgehead atoms. The third-order valence-electron chi connectivity index (χ3n) is 7.00. The van der Waals surface area contributed by atoms with Gasteiger partial charge in [-0.2, -0.15) is 5.10 Å². The highest BCUT2D eigenvalue weighted by Crippen LogP contribution is 2.52. The number of pyridine rings is 1. The molecule has 2 saturated carbocycles. The number of hydrogen-bond donors (Lipinski definition) is 2. The highest BCUT2D eigenvalue weighted by molar-refractivity contribution is 5.88. The molecule has 0 amide bonds. The van der Waals surface area contributed by atoms with Gasteiger partial charge in [0.25, 0.3) is 0 Å². The lowest BCUT2D eigenvalue weighted by Crippen LogP contribution is -2.49. The summed E-state index contributed by atoms with van der Waals surface area (Å²) in [4.78, 5) is 24.9. The van der Waals surface area contributed by atoms with Crippen LogP contribution < -0.4 is 5.32 Å². The van der Waals surface area contributed by atoms with Crippen molar-refractivity contribution in [2.45, 2.75) is 57.9 Å². The standard InChI is InChI=1S/C22H24F2N6O/c1-12(31)14-5-4-8-22(6-2-3-7-22)18(14)27-20-16(24)11-26-21(28-20)17-15-9-13(23)10-25-19(15)30-29-17/h9-11,14,18H,2-8H2,1H3,(H,25,29,30)(H,26,27,28)/t14-,18-/m0/s1. The second kappa shape index (κ2) is 7.62. The van der Waals surface area contributed by atoms with Crippen LogP contribution in [-0.2, 0) is 4.79 Å². The number of hydrogen-bond acceptors (Lipinski definition) is 6. The summed E-state index contributed by atoms with van der Waals surface area (Å²) >= 11 is 0. The Kier molecular flexibility index (Phi) is 4.91. The van der Waals surface area contributed by atoms with Gasteiger partial charge in [-0.1, -0.05) is 19.3 Å². The molecular weight excluding hydrogens is 402 g/mol. The van der Waals surface area contributed by atoms with Gasteiger partial charge in [-0.05, 0) is 44.1 Å². The van der Waals surface area contributed by atoms with E-state index in [4.69, 9.17) is 0 Å². The lowest BCUT2D eigenvalue weighted by molar-refractivity contribution is -0.123. The molecule has 0 aromatic carbocycles. The van der Waals surface area contributed by atoms with E-state index in [1.807, 2.05) is 0 Å². The third-order valence-corrected chi connectivity index (χ3v) is 7.00. The number of halogens is 2. The Morgan fingerprint density at radius 3 is 2.71 bits per heavy atom. The highest BCUT2D eigenvalue weighted by atomic mass is 19.1. The Morgan fingerprint density at radius 2 is 1.94 bits per heavy atom. The number of rotatable bonds is 4. The normalized spacial score (nSPS) is 22.8. The maximum atomic E-state index is 14.8. The lowest BCUT2D eigenvalue weighted by Gasteiger charge is -2.46. The van der Waals surface area contributed by atoms with E-state index < -0.39 is 11.6 Å². The van der Waals surface area contributed by atoms with E-state index in [-0.39, 0.29) is 34.8 Å². The van der Waals surface area contributed by atoms with Gasteiger partial charge in [-0.15, -0.1) is 0 Å². The van der Waals surface area contributed by atoms with Crippen molar-refractivity contribution in [1.82, 2.24) is 25.1 Å². The molecule has 9 heteroatoms. The largest absolute Gasteiger partial charge is 0.363 e. The number of anilines is 1. The van der Waals surface area contributed by atoms with Gasteiger partial charge in [-0.3, -0.25) is 9.89 Å². The summed E-state index contributed by atoms with van der Waals surface area (Å²) in [5.74, 6) is -0.931. The average Bonchev–Trinajstić information content (AvgIpc) is 3.38. The van der Waals surface area contributed by atoms with Gasteiger partial charge in [0, 0.05) is 12.0 Å². The van der Waals surface area contributed by atoms with Crippen molar-refractivity contribution in [3.63, 3.8) is 0 Å². The monoisotopic (exact) mass is 426 g/mol. The summed E-state index contributed by atoms with van der Waals surface area (Å²) in [6.45, 7) is 1.62.